The lowest BCUT2D eigenvalue weighted by atomic mass is 10.1. The second-order valence-electron chi connectivity index (χ2n) is 4.76. The minimum absolute atomic E-state index is 0.0841. The molecule has 0 radical (unpaired) electrons. The molecule has 0 fully saturated rings. The lowest BCUT2D eigenvalue weighted by molar-refractivity contribution is 0.170. The van der Waals surface area contributed by atoms with E-state index >= 15 is 0 Å². The molecule has 0 aromatic heterocycles. The molecule has 0 amide bonds. The Balaban J connectivity index is 1.96. The molecule has 2 atom stereocenters. The van der Waals surface area contributed by atoms with Gasteiger partial charge in [0.25, 0.3) is 0 Å². The molecular weight excluding hydrogens is 257 g/mol. The van der Waals surface area contributed by atoms with Gasteiger partial charge in [0.15, 0.2) is 0 Å². The van der Waals surface area contributed by atoms with E-state index in [9.17, 15) is 14.6 Å². The zero-order valence-corrected chi connectivity index (χ0v) is 11.3. The van der Waals surface area contributed by atoms with E-state index in [2.05, 4.69) is 5.32 Å². The van der Waals surface area contributed by atoms with Crippen molar-refractivity contribution in [2.24, 2.45) is 0 Å². The average Bonchev–Trinajstić information content (AvgIpc) is 2.45. The predicted molar refractivity (Wildman–Crippen MR) is 75.9 cm³/mol. The van der Waals surface area contributed by atoms with Crippen molar-refractivity contribution in [3.8, 4) is 5.75 Å². The van der Waals surface area contributed by atoms with E-state index in [1.54, 1.807) is 0 Å². The van der Waals surface area contributed by atoms with Gasteiger partial charge in [-0.1, -0.05) is 36.4 Å². The van der Waals surface area contributed by atoms with Crippen LogP contribution in [0.2, 0.25) is 0 Å². The van der Waals surface area contributed by atoms with Crippen molar-refractivity contribution in [3.63, 3.8) is 0 Å². The fourth-order valence-corrected chi connectivity index (χ4v) is 2.07. The van der Waals surface area contributed by atoms with E-state index in [0.29, 0.717) is 12.1 Å². The fourth-order valence-electron chi connectivity index (χ4n) is 2.07. The van der Waals surface area contributed by atoms with Gasteiger partial charge in [0.1, 0.15) is 11.6 Å². The lowest BCUT2D eigenvalue weighted by Crippen LogP contribution is -2.24. The summed E-state index contributed by atoms with van der Waals surface area (Å²) in [6.45, 7) is 2.20. The first-order chi connectivity index (χ1) is 9.58. The van der Waals surface area contributed by atoms with Crippen LogP contribution in [0.5, 0.6) is 5.75 Å². The molecule has 20 heavy (non-hydrogen) atoms. The van der Waals surface area contributed by atoms with Crippen LogP contribution in [0.15, 0.2) is 48.5 Å². The van der Waals surface area contributed by atoms with Crippen LogP contribution < -0.4 is 5.32 Å². The van der Waals surface area contributed by atoms with Crippen LogP contribution >= 0.6 is 0 Å². The molecule has 0 aliphatic rings. The van der Waals surface area contributed by atoms with E-state index in [-0.39, 0.29) is 11.8 Å². The minimum atomic E-state index is -0.624. The maximum atomic E-state index is 12.9. The second kappa shape index (κ2) is 6.50. The Morgan fingerprint density at radius 2 is 1.85 bits per heavy atom. The Hall–Kier alpha value is -1.91. The van der Waals surface area contributed by atoms with Crippen LogP contribution in [0.1, 0.15) is 30.2 Å². The van der Waals surface area contributed by atoms with Gasteiger partial charge >= 0.3 is 0 Å². The molecule has 3 N–H and O–H groups in total. The third kappa shape index (κ3) is 3.56. The number of hydrogen-bond donors (Lipinski definition) is 3. The number of phenolic OH excluding ortho intramolecular Hbond substituents is 1. The number of halogens is 1. The first-order valence-electron chi connectivity index (χ1n) is 6.52. The average molecular weight is 275 g/mol. The maximum Gasteiger partial charge on any atom is 0.126 e. The van der Waals surface area contributed by atoms with Crippen molar-refractivity contribution in [3.05, 3.63) is 65.5 Å². The first kappa shape index (κ1) is 14.5. The summed E-state index contributed by atoms with van der Waals surface area (Å²) in [7, 11) is 0. The molecule has 3 nitrogen and oxygen atoms in total. The van der Waals surface area contributed by atoms with Crippen LogP contribution in [-0.4, -0.2) is 16.8 Å². The van der Waals surface area contributed by atoms with Crippen molar-refractivity contribution in [1.82, 2.24) is 5.32 Å². The largest absolute Gasteiger partial charge is 0.508 e. The predicted octanol–water partition coefficient (Wildman–Crippen LogP) is 2.92. The lowest BCUT2D eigenvalue weighted by Gasteiger charge is -2.18. The third-order valence-electron chi connectivity index (χ3n) is 3.26. The van der Waals surface area contributed by atoms with Gasteiger partial charge in [-0.2, -0.15) is 0 Å². The smallest absolute Gasteiger partial charge is 0.126 e. The molecule has 0 bridgehead atoms. The normalized spacial score (nSPS) is 13.9. The molecule has 2 unspecified atom stereocenters. The van der Waals surface area contributed by atoms with E-state index in [1.807, 2.05) is 37.3 Å². The highest BCUT2D eigenvalue weighted by atomic mass is 19.1. The Kier molecular flexibility index (Phi) is 4.71. The number of nitrogens with one attached hydrogen (secondary N) is 1. The van der Waals surface area contributed by atoms with Crippen LogP contribution in [0.25, 0.3) is 0 Å². The van der Waals surface area contributed by atoms with Gasteiger partial charge in [-0.05, 0) is 18.6 Å². The van der Waals surface area contributed by atoms with Gasteiger partial charge in [-0.25, -0.2) is 4.39 Å². The molecule has 106 valence electrons. The van der Waals surface area contributed by atoms with Crippen LogP contribution in [0, 0.1) is 5.82 Å². The summed E-state index contributed by atoms with van der Waals surface area (Å²) in [6.07, 6.45) is -0.624. The number of aliphatic hydroxyl groups excluding tert-OH is 1. The van der Waals surface area contributed by atoms with E-state index < -0.39 is 11.9 Å². The van der Waals surface area contributed by atoms with E-state index in [1.165, 1.54) is 12.1 Å². The molecule has 2 aromatic rings. The third-order valence-corrected chi connectivity index (χ3v) is 3.26. The van der Waals surface area contributed by atoms with E-state index in [0.717, 1.165) is 11.6 Å². The Morgan fingerprint density at radius 1 is 1.15 bits per heavy atom. The van der Waals surface area contributed by atoms with Gasteiger partial charge in [0.05, 0.1) is 6.10 Å². The van der Waals surface area contributed by atoms with Crippen molar-refractivity contribution in [1.29, 1.82) is 0 Å². The van der Waals surface area contributed by atoms with Crippen molar-refractivity contribution in [2.45, 2.75) is 19.1 Å². The van der Waals surface area contributed by atoms with Crippen molar-refractivity contribution in [2.75, 3.05) is 6.54 Å². The van der Waals surface area contributed by atoms with Crippen molar-refractivity contribution < 1.29 is 14.6 Å². The van der Waals surface area contributed by atoms with Gasteiger partial charge in [0, 0.05) is 24.2 Å². The number of benzene rings is 2. The van der Waals surface area contributed by atoms with Gasteiger partial charge in [-0.15, -0.1) is 0 Å². The standard InChI is InChI=1S/C16H18FNO2/c1-11(14-8-7-13(17)9-15(14)19)18-10-16(20)12-5-3-2-4-6-12/h2-9,11,16,18-20H,10H2,1H3. The molecule has 0 saturated heterocycles. The number of hydrogen-bond acceptors (Lipinski definition) is 3. The fraction of sp³-hybridized carbons (Fsp3) is 0.250. The molecule has 0 aliphatic heterocycles. The summed E-state index contributed by atoms with van der Waals surface area (Å²) in [5.74, 6) is -0.554. The second-order valence-corrected chi connectivity index (χ2v) is 4.76. The van der Waals surface area contributed by atoms with Crippen LogP contribution in [0.3, 0.4) is 0 Å². The number of rotatable bonds is 5. The Labute approximate surface area is 117 Å². The molecule has 2 aromatic carbocycles. The highest BCUT2D eigenvalue weighted by Gasteiger charge is 2.13. The van der Waals surface area contributed by atoms with E-state index in [4.69, 9.17) is 0 Å². The summed E-state index contributed by atoms with van der Waals surface area (Å²) >= 11 is 0. The first-order valence-corrected chi connectivity index (χ1v) is 6.52. The quantitative estimate of drug-likeness (QED) is 0.786. The topological polar surface area (TPSA) is 52.5 Å². The molecule has 0 aliphatic carbocycles. The number of aliphatic hydroxyl groups is 1. The van der Waals surface area contributed by atoms with Gasteiger partial charge in [0.2, 0.25) is 0 Å². The molecule has 0 spiro atoms. The highest BCUT2D eigenvalue weighted by molar-refractivity contribution is 5.34. The molecule has 0 heterocycles. The van der Waals surface area contributed by atoms with Crippen molar-refractivity contribution >= 4 is 0 Å². The number of aromatic hydroxyl groups is 1. The SMILES string of the molecule is CC(NCC(O)c1ccccc1)c1ccc(F)cc1O. The Bertz CT molecular complexity index is 560. The zero-order valence-electron chi connectivity index (χ0n) is 11.3. The molecule has 4 heteroatoms. The summed E-state index contributed by atoms with van der Waals surface area (Å²) in [5, 5.41) is 22.9. The van der Waals surface area contributed by atoms with Gasteiger partial charge < -0.3 is 15.5 Å². The number of phenols is 1. The van der Waals surface area contributed by atoms with Crippen LogP contribution in [0.4, 0.5) is 4.39 Å². The Morgan fingerprint density at radius 3 is 2.50 bits per heavy atom. The maximum absolute atomic E-state index is 12.9. The molecule has 2 rings (SSSR count). The highest BCUT2D eigenvalue weighted by Crippen LogP contribution is 2.25. The van der Waals surface area contributed by atoms with Crippen LogP contribution in [-0.2, 0) is 0 Å². The minimum Gasteiger partial charge on any atom is -0.508 e. The summed E-state index contributed by atoms with van der Waals surface area (Å²) in [6, 6.07) is 13.1. The summed E-state index contributed by atoms with van der Waals surface area (Å²) < 4.78 is 12.9. The summed E-state index contributed by atoms with van der Waals surface area (Å²) in [4.78, 5) is 0. The zero-order chi connectivity index (χ0) is 14.5. The van der Waals surface area contributed by atoms with Gasteiger partial charge in [-0.3, -0.25) is 0 Å². The summed E-state index contributed by atoms with van der Waals surface area (Å²) in [5.41, 5.74) is 1.43. The molecular formula is C16H18FNO2. The monoisotopic (exact) mass is 275 g/mol. The molecule has 0 saturated carbocycles.